The second-order valence-corrected chi connectivity index (χ2v) is 10.0. The van der Waals surface area contributed by atoms with Crippen LogP contribution in [-0.2, 0) is 23.1 Å². The number of alkyl halides is 3. The molecule has 3 heterocycles. The zero-order valence-electron chi connectivity index (χ0n) is 17.7. The first-order valence-corrected chi connectivity index (χ1v) is 11.8. The van der Waals surface area contributed by atoms with Crippen LogP contribution in [0.4, 0.5) is 18.9 Å². The monoisotopic (exact) mass is 483 g/mol. The van der Waals surface area contributed by atoms with Gasteiger partial charge in [-0.3, -0.25) is 4.79 Å². The van der Waals surface area contributed by atoms with E-state index in [1.807, 2.05) is 4.57 Å². The molecule has 4 rings (SSSR count). The number of aryl methyl sites for hydroxylation is 1. The summed E-state index contributed by atoms with van der Waals surface area (Å²) in [4.78, 5) is 23.7. The molecular weight excluding hydrogens is 463 g/mol. The van der Waals surface area contributed by atoms with Gasteiger partial charge in [-0.05, 0) is 25.0 Å². The van der Waals surface area contributed by atoms with E-state index in [9.17, 15) is 26.4 Å². The van der Waals surface area contributed by atoms with Gasteiger partial charge in [-0.15, -0.1) is 0 Å². The third-order valence-corrected chi connectivity index (χ3v) is 7.26. The maximum absolute atomic E-state index is 12.9. The first kappa shape index (κ1) is 23.0. The van der Waals surface area contributed by atoms with Gasteiger partial charge in [0.05, 0.1) is 35.3 Å². The Morgan fingerprint density at radius 3 is 2.55 bits per heavy atom. The van der Waals surface area contributed by atoms with E-state index in [1.54, 1.807) is 19.2 Å². The third-order valence-electron chi connectivity index (χ3n) is 5.55. The molecule has 33 heavy (non-hydrogen) atoms. The number of carbonyl (C=O) groups is 1. The van der Waals surface area contributed by atoms with E-state index < -0.39 is 33.4 Å². The predicted molar refractivity (Wildman–Crippen MR) is 113 cm³/mol. The van der Waals surface area contributed by atoms with E-state index in [1.165, 1.54) is 7.11 Å². The molecule has 2 aromatic heterocycles. The summed E-state index contributed by atoms with van der Waals surface area (Å²) in [6.45, 7) is 0. The molecule has 0 aliphatic carbocycles. The Morgan fingerprint density at radius 1 is 1.21 bits per heavy atom. The van der Waals surface area contributed by atoms with Crippen LogP contribution in [0, 0.1) is 0 Å². The molecule has 0 saturated carbocycles. The highest BCUT2D eigenvalue weighted by Gasteiger charge is 2.35. The van der Waals surface area contributed by atoms with Crippen molar-refractivity contribution in [1.29, 1.82) is 0 Å². The molecule has 1 aliphatic heterocycles. The zero-order chi connectivity index (χ0) is 24.0. The van der Waals surface area contributed by atoms with Crippen molar-refractivity contribution in [3.63, 3.8) is 0 Å². The highest BCUT2D eigenvalue weighted by molar-refractivity contribution is 7.91. The third kappa shape index (κ3) is 4.63. The van der Waals surface area contributed by atoms with Crippen molar-refractivity contribution >= 4 is 32.5 Å². The number of hydrogen-bond donors (Lipinski definition) is 1. The van der Waals surface area contributed by atoms with Crippen LogP contribution in [-0.4, -0.2) is 52.5 Å². The Morgan fingerprint density at radius 2 is 1.91 bits per heavy atom. The van der Waals surface area contributed by atoms with Crippen molar-refractivity contribution in [3.05, 3.63) is 41.7 Å². The summed E-state index contributed by atoms with van der Waals surface area (Å²) in [6, 6.07) is 4.29. The molecule has 1 fully saturated rings. The van der Waals surface area contributed by atoms with Crippen LogP contribution in [0.1, 0.15) is 40.9 Å². The summed E-state index contributed by atoms with van der Waals surface area (Å²) in [6.07, 6.45) is -2.98. The smallest absolute Gasteiger partial charge is 0.451 e. The number of sulfone groups is 1. The molecular formula is C20H20F3N5O4S. The number of imidazole rings is 1. The Hall–Kier alpha value is -3.22. The van der Waals surface area contributed by atoms with Crippen molar-refractivity contribution in [3.8, 4) is 5.75 Å². The van der Waals surface area contributed by atoms with Gasteiger partial charge in [0.2, 0.25) is 5.82 Å². The Labute approximate surface area is 186 Å². The Kier molecular flexibility index (Phi) is 5.76. The van der Waals surface area contributed by atoms with Gasteiger partial charge in [0.15, 0.2) is 0 Å². The van der Waals surface area contributed by atoms with Gasteiger partial charge in [0.25, 0.3) is 5.91 Å². The summed E-state index contributed by atoms with van der Waals surface area (Å²) in [5.74, 6) is -1.12. The highest BCUT2D eigenvalue weighted by Crippen LogP contribution is 2.35. The molecule has 13 heteroatoms. The lowest BCUT2D eigenvalue weighted by Gasteiger charge is -2.21. The number of anilines is 1. The lowest BCUT2D eigenvalue weighted by Crippen LogP contribution is -2.23. The summed E-state index contributed by atoms with van der Waals surface area (Å²) in [5, 5.41) is 2.53. The number of nitrogens with one attached hydrogen (secondary N) is 1. The van der Waals surface area contributed by atoms with E-state index in [0.717, 1.165) is 18.1 Å². The van der Waals surface area contributed by atoms with Crippen LogP contribution in [0.3, 0.4) is 0 Å². The van der Waals surface area contributed by atoms with Crippen LogP contribution in [0.25, 0.3) is 11.0 Å². The first-order chi connectivity index (χ1) is 15.5. The van der Waals surface area contributed by atoms with E-state index in [4.69, 9.17) is 4.74 Å². The number of carbonyl (C=O) groups excluding carboxylic acids is 1. The molecule has 0 radical (unpaired) electrons. The van der Waals surface area contributed by atoms with Gasteiger partial charge >= 0.3 is 6.18 Å². The SMILES string of the molecule is COc1cc2nc(C3CCS(=O)(=O)CC3)n(C)c2cc1NC(=O)c1ccnc(C(F)(F)F)n1. The minimum atomic E-state index is -4.78. The molecule has 1 N–H and O–H groups in total. The van der Waals surface area contributed by atoms with E-state index in [0.29, 0.717) is 23.9 Å². The number of amides is 1. The molecule has 0 atom stereocenters. The van der Waals surface area contributed by atoms with Gasteiger partial charge in [0, 0.05) is 25.2 Å². The highest BCUT2D eigenvalue weighted by atomic mass is 32.2. The number of fused-ring (bicyclic) bond motifs is 1. The number of methoxy groups -OCH3 is 1. The van der Waals surface area contributed by atoms with Crippen molar-refractivity contribution in [1.82, 2.24) is 19.5 Å². The quantitative estimate of drug-likeness (QED) is 0.607. The molecule has 1 amide bonds. The normalized spacial score (nSPS) is 16.6. The van der Waals surface area contributed by atoms with Crippen LogP contribution < -0.4 is 10.1 Å². The van der Waals surface area contributed by atoms with Gasteiger partial charge < -0.3 is 14.6 Å². The minimum Gasteiger partial charge on any atom is -0.494 e. The predicted octanol–water partition coefficient (Wildman–Crippen LogP) is 2.94. The van der Waals surface area contributed by atoms with E-state index in [-0.39, 0.29) is 28.9 Å². The lowest BCUT2D eigenvalue weighted by molar-refractivity contribution is -0.145. The fraction of sp³-hybridized carbons (Fsp3) is 0.400. The van der Waals surface area contributed by atoms with Crippen LogP contribution in [0.5, 0.6) is 5.75 Å². The topological polar surface area (TPSA) is 116 Å². The average Bonchev–Trinajstić information content (AvgIpc) is 3.08. The van der Waals surface area contributed by atoms with Crippen LogP contribution in [0.15, 0.2) is 24.4 Å². The molecule has 9 nitrogen and oxygen atoms in total. The van der Waals surface area contributed by atoms with Crippen molar-refractivity contribution in [2.24, 2.45) is 7.05 Å². The maximum Gasteiger partial charge on any atom is 0.451 e. The Bertz CT molecular complexity index is 1320. The fourth-order valence-corrected chi connectivity index (χ4v) is 5.32. The minimum absolute atomic E-state index is 0.0308. The molecule has 1 aliphatic rings. The number of benzene rings is 1. The van der Waals surface area contributed by atoms with Gasteiger partial charge in [0.1, 0.15) is 27.1 Å². The van der Waals surface area contributed by atoms with Crippen molar-refractivity contribution < 1.29 is 31.1 Å². The Balaban J connectivity index is 1.66. The first-order valence-electron chi connectivity index (χ1n) is 9.95. The number of hydrogen-bond acceptors (Lipinski definition) is 7. The molecule has 1 saturated heterocycles. The number of aromatic nitrogens is 4. The van der Waals surface area contributed by atoms with Crippen molar-refractivity contribution in [2.45, 2.75) is 24.9 Å². The maximum atomic E-state index is 12.9. The van der Waals surface area contributed by atoms with Gasteiger partial charge in [-0.25, -0.2) is 23.4 Å². The van der Waals surface area contributed by atoms with Crippen molar-refractivity contribution in [2.75, 3.05) is 23.9 Å². The van der Waals surface area contributed by atoms with Gasteiger partial charge in [-0.1, -0.05) is 0 Å². The zero-order valence-corrected chi connectivity index (χ0v) is 18.5. The van der Waals surface area contributed by atoms with Crippen LogP contribution in [0.2, 0.25) is 0 Å². The summed E-state index contributed by atoms with van der Waals surface area (Å²) < 4.78 is 69.3. The molecule has 3 aromatic rings. The lowest BCUT2D eigenvalue weighted by atomic mass is 10.0. The molecule has 1 aromatic carbocycles. The van der Waals surface area contributed by atoms with Gasteiger partial charge in [-0.2, -0.15) is 13.2 Å². The fourth-order valence-electron chi connectivity index (χ4n) is 3.83. The van der Waals surface area contributed by atoms with E-state index in [2.05, 4.69) is 20.3 Å². The molecule has 0 spiro atoms. The standard InChI is InChI=1S/C20H20F3N5O4S/c1-28-15-9-14(26-18(29)12-3-6-24-19(27-12)20(21,22)23)16(32-2)10-13(15)25-17(28)11-4-7-33(30,31)8-5-11/h3,6,9-11H,4-5,7-8H2,1-2H3,(H,26,29). The number of halogens is 3. The summed E-state index contributed by atoms with van der Waals surface area (Å²) in [5.41, 5.74) is 1.00. The average molecular weight is 483 g/mol. The van der Waals surface area contributed by atoms with Crippen LogP contribution >= 0.6 is 0 Å². The molecule has 0 unspecified atom stereocenters. The number of ether oxygens (including phenoxy) is 1. The second kappa shape index (κ2) is 8.28. The summed E-state index contributed by atoms with van der Waals surface area (Å²) >= 11 is 0. The molecule has 176 valence electrons. The largest absolute Gasteiger partial charge is 0.494 e. The molecule has 0 bridgehead atoms. The summed E-state index contributed by atoms with van der Waals surface area (Å²) in [7, 11) is 0.150. The van der Waals surface area contributed by atoms with E-state index >= 15 is 0 Å². The second-order valence-electron chi connectivity index (χ2n) is 7.71. The number of rotatable bonds is 4. The number of nitrogens with zero attached hydrogens (tertiary/aromatic N) is 4.